The summed E-state index contributed by atoms with van der Waals surface area (Å²) in [5, 5.41) is 10.9. The summed E-state index contributed by atoms with van der Waals surface area (Å²) in [4.78, 5) is 12.8. The van der Waals surface area contributed by atoms with Gasteiger partial charge in [0, 0.05) is 17.1 Å². The molecule has 0 aromatic heterocycles. The standard InChI is InChI=1S/C21H23Cl2N3O2.ClH/c22-16-10-17(14-4-2-1-3-5-14)19(18(23)11-16)28-20(27)15-8-6-13(7-9-15)12-26-21(24)25;/h1-5,10-11,13,15H,6-9,12H2,(H4,24,25,26);1H/t13-,15-;. The maximum atomic E-state index is 12.8. The fourth-order valence-electron chi connectivity index (χ4n) is 3.54. The molecular weight excluding hydrogens is 433 g/mol. The van der Waals surface area contributed by atoms with E-state index in [4.69, 9.17) is 39.1 Å². The van der Waals surface area contributed by atoms with Gasteiger partial charge in [0.05, 0.1) is 10.9 Å². The number of carbonyl (C=O) groups excluding carboxylic acids is 1. The number of carbonyl (C=O) groups is 1. The van der Waals surface area contributed by atoms with Gasteiger partial charge in [0.1, 0.15) is 0 Å². The van der Waals surface area contributed by atoms with Crippen LogP contribution in [0.2, 0.25) is 10.0 Å². The molecule has 0 aliphatic heterocycles. The van der Waals surface area contributed by atoms with E-state index in [1.165, 1.54) is 0 Å². The van der Waals surface area contributed by atoms with Gasteiger partial charge < -0.3 is 15.8 Å². The third-order valence-electron chi connectivity index (χ3n) is 5.06. The van der Waals surface area contributed by atoms with Crippen LogP contribution >= 0.6 is 35.6 Å². The largest absolute Gasteiger partial charge is 0.424 e. The predicted molar refractivity (Wildman–Crippen MR) is 120 cm³/mol. The lowest BCUT2D eigenvalue weighted by molar-refractivity contribution is -0.140. The van der Waals surface area contributed by atoms with Gasteiger partial charge in [0.25, 0.3) is 0 Å². The molecule has 2 aromatic carbocycles. The van der Waals surface area contributed by atoms with E-state index in [0.717, 1.165) is 31.2 Å². The Bertz CT molecular complexity index is 854. The smallest absolute Gasteiger partial charge is 0.314 e. The van der Waals surface area contributed by atoms with Gasteiger partial charge in [-0.3, -0.25) is 10.2 Å². The molecule has 3 rings (SSSR count). The number of guanidine groups is 1. The van der Waals surface area contributed by atoms with Crippen LogP contribution in [0.4, 0.5) is 0 Å². The van der Waals surface area contributed by atoms with Crippen molar-refractivity contribution >= 4 is 47.5 Å². The van der Waals surface area contributed by atoms with Crippen LogP contribution < -0.4 is 15.8 Å². The molecule has 0 bridgehead atoms. The first kappa shape index (κ1) is 23.3. The minimum Gasteiger partial charge on any atom is -0.424 e. The minimum atomic E-state index is -0.264. The first-order valence-corrected chi connectivity index (χ1v) is 10.0. The van der Waals surface area contributed by atoms with Crippen molar-refractivity contribution in [3.63, 3.8) is 0 Å². The van der Waals surface area contributed by atoms with Crippen molar-refractivity contribution in [2.45, 2.75) is 25.7 Å². The molecule has 8 heteroatoms. The quantitative estimate of drug-likeness (QED) is 0.247. The second-order valence-corrected chi connectivity index (χ2v) is 7.91. The van der Waals surface area contributed by atoms with Crippen molar-refractivity contribution in [3.05, 3.63) is 52.5 Å². The van der Waals surface area contributed by atoms with Gasteiger partial charge in [-0.05, 0) is 49.3 Å². The molecule has 0 atom stereocenters. The molecule has 1 aliphatic rings. The number of nitrogens with two attached hydrogens (primary N) is 1. The molecule has 0 saturated heterocycles. The van der Waals surface area contributed by atoms with Crippen molar-refractivity contribution < 1.29 is 9.53 Å². The molecule has 0 amide bonds. The maximum absolute atomic E-state index is 12.8. The van der Waals surface area contributed by atoms with Crippen LogP contribution in [0.25, 0.3) is 11.1 Å². The van der Waals surface area contributed by atoms with Crippen molar-refractivity contribution in [3.8, 4) is 16.9 Å². The highest BCUT2D eigenvalue weighted by atomic mass is 35.5. The molecule has 1 saturated carbocycles. The van der Waals surface area contributed by atoms with Crippen molar-refractivity contribution in [2.24, 2.45) is 17.6 Å². The van der Waals surface area contributed by atoms with E-state index in [0.29, 0.717) is 33.8 Å². The van der Waals surface area contributed by atoms with Crippen LogP contribution in [0.5, 0.6) is 5.75 Å². The fourth-order valence-corrected chi connectivity index (χ4v) is 4.07. The Morgan fingerprint density at radius 3 is 2.41 bits per heavy atom. The summed E-state index contributed by atoms with van der Waals surface area (Å²) in [6.45, 7) is 0.665. The number of nitrogens with one attached hydrogen (secondary N) is 2. The molecule has 0 spiro atoms. The van der Waals surface area contributed by atoms with Crippen molar-refractivity contribution in [1.82, 2.24) is 5.32 Å². The number of ether oxygens (including phenoxy) is 1. The van der Waals surface area contributed by atoms with Gasteiger partial charge in [-0.15, -0.1) is 12.4 Å². The Balaban J connectivity index is 0.00000300. The summed E-state index contributed by atoms with van der Waals surface area (Å²) >= 11 is 12.5. The molecule has 0 heterocycles. The highest BCUT2D eigenvalue weighted by molar-refractivity contribution is 6.36. The van der Waals surface area contributed by atoms with Crippen LogP contribution in [0, 0.1) is 17.2 Å². The summed E-state index contributed by atoms with van der Waals surface area (Å²) in [6.07, 6.45) is 3.27. The zero-order valence-electron chi connectivity index (χ0n) is 15.8. The lowest BCUT2D eigenvalue weighted by Crippen LogP contribution is -2.36. The average molecular weight is 457 g/mol. The van der Waals surface area contributed by atoms with E-state index in [2.05, 4.69) is 5.32 Å². The van der Waals surface area contributed by atoms with Gasteiger partial charge in [-0.1, -0.05) is 53.5 Å². The van der Waals surface area contributed by atoms with Gasteiger partial charge in [-0.25, -0.2) is 0 Å². The molecule has 4 N–H and O–H groups in total. The summed E-state index contributed by atoms with van der Waals surface area (Å²) in [6, 6.07) is 12.9. The zero-order chi connectivity index (χ0) is 20.1. The van der Waals surface area contributed by atoms with Crippen LogP contribution in [0.1, 0.15) is 25.7 Å². The molecule has 156 valence electrons. The Labute approximate surface area is 186 Å². The van der Waals surface area contributed by atoms with Crippen LogP contribution in [-0.2, 0) is 4.79 Å². The lowest BCUT2D eigenvalue weighted by atomic mass is 9.82. The van der Waals surface area contributed by atoms with E-state index in [1.54, 1.807) is 12.1 Å². The highest BCUT2D eigenvalue weighted by Crippen LogP contribution is 2.40. The van der Waals surface area contributed by atoms with E-state index in [1.807, 2.05) is 30.3 Å². The van der Waals surface area contributed by atoms with E-state index in [-0.39, 0.29) is 30.3 Å². The molecule has 0 unspecified atom stereocenters. The van der Waals surface area contributed by atoms with Crippen LogP contribution in [-0.4, -0.2) is 18.5 Å². The number of hydrogen-bond donors (Lipinski definition) is 3. The Morgan fingerprint density at radius 2 is 1.79 bits per heavy atom. The van der Waals surface area contributed by atoms with Gasteiger partial charge in [-0.2, -0.15) is 0 Å². The lowest BCUT2D eigenvalue weighted by Gasteiger charge is -2.27. The van der Waals surface area contributed by atoms with E-state index in [9.17, 15) is 4.79 Å². The molecule has 5 nitrogen and oxygen atoms in total. The topological polar surface area (TPSA) is 88.2 Å². The second kappa shape index (κ2) is 10.7. The summed E-state index contributed by atoms with van der Waals surface area (Å²) in [7, 11) is 0. The Hall–Kier alpha value is -1.95. The Kier molecular flexibility index (Phi) is 8.62. The summed E-state index contributed by atoms with van der Waals surface area (Å²) in [5.41, 5.74) is 6.92. The number of halogens is 3. The predicted octanol–water partition coefficient (Wildman–Crippen LogP) is 5.28. The first-order valence-electron chi connectivity index (χ1n) is 9.28. The van der Waals surface area contributed by atoms with E-state index >= 15 is 0 Å². The molecule has 2 aromatic rings. The summed E-state index contributed by atoms with van der Waals surface area (Å²) in [5.74, 6) is 0.310. The normalized spacial score (nSPS) is 18.4. The van der Waals surface area contributed by atoms with Crippen LogP contribution in [0.3, 0.4) is 0 Å². The fraction of sp³-hybridized carbons (Fsp3) is 0.333. The maximum Gasteiger partial charge on any atom is 0.314 e. The monoisotopic (exact) mass is 455 g/mol. The molecule has 0 radical (unpaired) electrons. The SMILES string of the molecule is Cl.N=C(N)NC[C@H]1CC[C@H](C(=O)Oc2c(Cl)cc(Cl)cc2-c2ccccc2)CC1. The van der Waals surface area contributed by atoms with Gasteiger partial charge in [0.15, 0.2) is 11.7 Å². The molecule has 29 heavy (non-hydrogen) atoms. The summed E-state index contributed by atoms with van der Waals surface area (Å²) < 4.78 is 5.76. The average Bonchev–Trinajstić information content (AvgIpc) is 2.69. The van der Waals surface area contributed by atoms with Crippen molar-refractivity contribution in [2.75, 3.05) is 6.54 Å². The number of hydrogen-bond acceptors (Lipinski definition) is 3. The third kappa shape index (κ3) is 6.26. The number of benzene rings is 2. The van der Waals surface area contributed by atoms with E-state index < -0.39 is 0 Å². The zero-order valence-corrected chi connectivity index (χ0v) is 18.1. The van der Waals surface area contributed by atoms with Crippen LogP contribution in [0.15, 0.2) is 42.5 Å². The van der Waals surface area contributed by atoms with Gasteiger partial charge in [0.2, 0.25) is 0 Å². The minimum absolute atomic E-state index is 0. The Morgan fingerprint density at radius 1 is 1.14 bits per heavy atom. The second-order valence-electron chi connectivity index (χ2n) is 7.06. The molecule has 1 aliphatic carbocycles. The molecule has 1 fully saturated rings. The molecular formula is C21H24Cl3N3O2. The van der Waals surface area contributed by atoms with Crippen molar-refractivity contribution in [1.29, 1.82) is 5.41 Å². The third-order valence-corrected chi connectivity index (χ3v) is 5.56. The first-order chi connectivity index (χ1) is 13.4. The highest BCUT2D eigenvalue weighted by Gasteiger charge is 2.29. The number of esters is 1. The van der Waals surface area contributed by atoms with Gasteiger partial charge >= 0.3 is 5.97 Å². The number of rotatable bonds is 5.